The monoisotopic (exact) mass is 301 g/mol. The van der Waals surface area contributed by atoms with Crippen molar-refractivity contribution in [2.75, 3.05) is 13.2 Å². The third-order valence-electron chi connectivity index (χ3n) is 3.32. The molecule has 0 aromatic heterocycles. The summed E-state index contributed by atoms with van der Waals surface area (Å²) in [5.41, 5.74) is 1.58. The van der Waals surface area contributed by atoms with Crippen molar-refractivity contribution in [3.63, 3.8) is 0 Å². The molecule has 1 aromatic carbocycles. The number of benzene rings is 1. The minimum Gasteiger partial charge on any atom is -0.465 e. The maximum Gasteiger partial charge on any atom is 0.401 e. The topological polar surface area (TPSA) is 38.3 Å². The molecule has 21 heavy (non-hydrogen) atoms. The van der Waals surface area contributed by atoms with Gasteiger partial charge in [0.25, 0.3) is 0 Å². The molecule has 116 valence electrons. The molecule has 0 spiro atoms. The quantitative estimate of drug-likeness (QED) is 0.819. The van der Waals surface area contributed by atoms with Crippen LogP contribution in [0.15, 0.2) is 24.3 Å². The summed E-state index contributed by atoms with van der Waals surface area (Å²) in [5, 5.41) is 2.25. The molecule has 1 N–H and O–H groups in total. The van der Waals surface area contributed by atoms with Crippen LogP contribution in [-0.2, 0) is 9.53 Å². The fourth-order valence-electron chi connectivity index (χ4n) is 2.19. The van der Waals surface area contributed by atoms with Crippen LogP contribution < -0.4 is 5.32 Å². The number of carbonyl (C=O) groups excluding carboxylic acids is 1. The summed E-state index contributed by atoms with van der Waals surface area (Å²) in [7, 11) is 0. The smallest absolute Gasteiger partial charge is 0.401 e. The van der Waals surface area contributed by atoms with Crippen LogP contribution in [0.5, 0.6) is 0 Å². The summed E-state index contributed by atoms with van der Waals surface area (Å²) in [5.74, 6) is -0.217. The van der Waals surface area contributed by atoms with Crippen LogP contribution in [-0.4, -0.2) is 25.3 Å². The van der Waals surface area contributed by atoms with Crippen molar-refractivity contribution >= 4 is 5.97 Å². The average molecular weight is 301 g/mol. The van der Waals surface area contributed by atoms with Gasteiger partial charge in [0.2, 0.25) is 0 Å². The van der Waals surface area contributed by atoms with E-state index in [9.17, 15) is 18.0 Å². The van der Waals surface area contributed by atoms with Crippen LogP contribution in [0, 0.1) is 0 Å². The zero-order valence-corrected chi connectivity index (χ0v) is 11.7. The third kappa shape index (κ3) is 4.74. The van der Waals surface area contributed by atoms with Gasteiger partial charge in [0.15, 0.2) is 0 Å². The molecule has 2 rings (SSSR count). The van der Waals surface area contributed by atoms with E-state index < -0.39 is 24.7 Å². The molecule has 1 unspecified atom stereocenters. The molecule has 1 saturated carbocycles. The number of hydrogen-bond donors (Lipinski definition) is 1. The SMILES string of the molecule is CCOC(=O)C(NCC(F)(F)F)c1cccc(C2CC2)c1. The van der Waals surface area contributed by atoms with Gasteiger partial charge in [0.1, 0.15) is 6.04 Å². The maximum absolute atomic E-state index is 12.4. The molecule has 1 aromatic rings. The van der Waals surface area contributed by atoms with Crippen molar-refractivity contribution in [3.05, 3.63) is 35.4 Å². The number of carbonyl (C=O) groups is 1. The first-order chi connectivity index (χ1) is 9.90. The van der Waals surface area contributed by atoms with E-state index in [1.807, 2.05) is 6.07 Å². The number of alkyl halides is 3. The summed E-state index contributed by atoms with van der Waals surface area (Å²) in [6.07, 6.45) is -2.20. The van der Waals surface area contributed by atoms with Crippen LogP contribution in [0.1, 0.15) is 42.9 Å². The van der Waals surface area contributed by atoms with E-state index in [0.717, 1.165) is 18.4 Å². The number of halogens is 3. The Hall–Kier alpha value is -1.56. The van der Waals surface area contributed by atoms with Crippen LogP contribution >= 0.6 is 0 Å². The van der Waals surface area contributed by atoms with E-state index >= 15 is 0 Å². The van der Waals surface area contributed by atoms with Crippen molar-refractivity contribution in [1.82, 2.24) is 5.32 Å². The van der Waals surface area contributed by atoms with E-state index in [-0.39, 0.29) is 6.61 Å². The fraction of sp³-hybridized carbons (Fsp3) is 0.533. The summed E-state index contributed by atoms with van der Waals surface area (Å²) in [6, 6.07) is 6.06. The highest BCUT2D eigenvalue weighted by Gasteiger charge is 2.32. The molecule has 1 aliphatic carbocycles. The van der Waals surface area contributed by atoms with Gasteiger partial charge in [-0.15, -0.1) is 0 Å². The lowest BCUT2D eigenvalue weighted by molar-refractivity contribution is -0.149. The first kappa shape index (κ1) is 15.8. The van der Waals surface area contributed by atoms with Gasteiger partial charge >= 0.3 is 12.1 Å². The van der Waals surface area contributed by atoms with Gasteiger partial charge in [0.05, 0.1) is 13.2 Å². The normalized spacial score (nSPS) is 16.6. The fourth-order valence-corrected chi connectivity index (χ4v) is 2.19. The summed E-state index contributed by atoms with van der Waals surface area (Å²) >= 11 is 0. The molecule has 0 aliphatic heterocycles. The van der Waals surface area contributed by atoms with Gasteiger partial charge in [-0.25, -0.2) is 4.79 Å². The van der Waals surface area contributed by atoms with Crippen LogP contribution in [0.2, 0.25) is 0 Å². The molecule has 0 heterocycles. The summed E-state index contributed by atoms with van der Waals surface area (Å²) in [6.45, 7) is 0.523. The van der Waals surface area contributed by atoms with Gasteiger partial charge < -0.3 is 4.74 Å². The second kappa shape index (κ2) is 6.47. The van der Waals surface area contributed by atoms with Crippen molar-refractivity contribution in [2.24, 2.45) is 0 Å². The minimum absolute atomic E-state index is 0.130. The lowest BCUT2D eigenvalue weighted by atomic mass is 10.0. The zero-order valence-electron chi connectivity index (χ0n) is 11.7. The second-order valence-electron chi connectivity index (χ2n) is 5.13. The predicted molar refractivity (Wildman–Crippen MR) is 71.8 cm³/mol. The lowest BCUT2D eigenvalue weighted by Crippen LogP contribution is -2.37. The van der Waals surface area contributed by atoms with Crippen molar-refractivity contribution < 1.29 is 22.7 Å². The minimum atomic E-state index is -4.38. The Morgan fingerprint density at radius 2 is 2.14 bits per heavy atom. The van der Waals surface area contributed by atoms with Crippen LogP contribution in [0.25, 0.3) is 0 Å². The molecule has 1 atom stereocenters. The van der Waals surface area contributed by atoms with Crippen LogP contribution in [0.3, 0.4) is 0 Å². The Morgan fingerprint density at radius 3 is 2.71 bits per heavy atom. The lowest BCUT2D eigenvalue weighted by Gasteiger charge is -2.19. The predicted octanol–water partition coefficient (Wildman–Crippen LogP) is 3.32. The molecule has 0 bridgehead atoms. The highest BCUT2D eigenvalue weighted by molar-refractivity contribution is 5.77. The standard InChI is InChI=1S/C15H18F3NO2/c1-2-21-14(20)13(19-9-15(16,17)18)12-5-3-4-11(8-12)10-6-7-10/h3-5,8,10,13,19H,2,6-7,9H2,1H3. The van der Waals surface area contributed by atoms with Crippen molar-refractivity contribution in [2.45, 2.75) is 37.9 Å². The molecule has 1 aliphatic rings. The first-order valence-electron chi connectivity index (χ1n) is 6.97. The molecule has 1 fully saturated rings. The zero-order chi connectivity index (χ0) is 15.5. The summed E-state index contributed by atoms with van der Waals surface area (Å²) in [4.78, 5) is 11.9. The Labute approximate surface area is 121 Å². The number of nitrogens with one attached hydrogen (secondary N) is 1. The van der Waals surface area contributed by atoms with E-state index in [1.54, 1.807) is 25.1 Å². The number of esters is 1. The van der Waals surface area contributed by atoms with E-state index in [2.05, 4.69) is 5.32 Å². The van der Waals surface area contributed by atoms with Gasteiger partial charge in [-0.05, 0) is 36.8 Å². The van der Waals surface area contributed by atoms with Crippen molar-refractivity contribution in [3.8, 4) is 0 Å². The van der Waals surface area contributed by atoms with E-state index in [1.165, 1.54) is 0 Å². The Kier molecular flexibility index (Phi) is 4.88. The van der Waals surface area contributed by atoms with Gasteiger partial charge in [-0.2, -0.15) is 13.2 Å². The van der Waals surface area contributed by atoms with Gasteiger partial charge in [-0.1, -0.05) is 24.3 Å². The maximum atomic E-state index is 12.4. The Bertz CT molecular complexity index is 498. The molecule has 0 saturated heterocycles. The highest BCUT2D eigenvalue weighted by Crippen LogP contribution is 2.40. The Morgan fingerprint density at radius 1 is 1.43 bits per heavy atom. The van der Waals surface area contributed by atoms with Crippen LogP contribution in [0.4, 0.5) is 13.2 Å². The second-order valence-corrected chi connectivity index (χ2v) is 5.13. The molecular formula is C15H18F3NO2. The van der Waals surface area contributed by atoms with Gasteiger partial charge in [0, 0.05) is 0 Å². The van der Waals surface area contributed by atoms with E-state index in [4.69, 9.17) is 4.74 Å². The molecule has 6 heteroatoms. The van der Waals surface area contributed by atoms with Crippen molar-refractivity contribution in [1.29, 1.82) is 0 Å². The largest absolute Gasteiger partial charge is 0.465 e. The third-order valence-corrected chi connectivity index (χ3v) is 3.32. The van der Waals surface area contributed by atoms with E-state index in [0.29, 0.717) is 11.5 Å². The summed E-state index contributed by atoms with van der Waals surface area (Å²) < 4.78 is 42.0. The number of ether oxygens (including phenoxy) is 1. The number of rotatable bonds is 6. The molecule has 3 nitrogen and oxygen atoms in total. The first-order valence-corrected chi connectivity index (χ1v) is 6.97. The molecule has 0 amide bonds. The van der Waals surface area contributed by atoms with Gasteiger partial charge in [-0.3, -0.25) is 5.32 Å². The highest BCUT2D eigenvalue weighted by atomic mass is 19.4. The number of hydrogen-bond acceptors (Lipinski definition) is 3. The molecule has 0 radical (unpaired) electrons. The average Bonchev–Trinajstić information content (AvgIpc) is 3.22. The Balaban J connectivity index is 2.16. The molecular weight excluding hydrogens is 283 g/mol.